The second-order valence-electron chi connectivity index (χ2n) is 3.02. The maximum atomic E-state index is 5.14. The Bertz CT molecular complexity index is 98.3. The van der Waals surface area contributed by atoms with Crippen molar-refractivity contribution in [3.63, 3.8) is 0 Å². The molecule has 0 heterocycles. The van der Waals surface area contributed by atoms with E-state index >= 15 is 0 Å². The molecule has 0 aromatic carbocycles. The van der Waals surface area contributed by atoms with Crippen molar-refractivity contribution in [1.82, 2.24) is 0 Å². The Labute approximate surface area is 69.5 Å². The molecule has 10 heavy (non-hydrogen) atoms. The lowest BCUT2D eigenvalue weighted by Crippen LogP contribution is -3.00. The molecule has 0 saturated carbocycles. The second kappa shape index (κ2) is 4.58. The Morgan fingerprint density at radius 2 is 1.80 bits per heavy atom. The number of hydrogen-bond acceptors (Lipinski definition) is 1. The van der Waals surface area contributed by atoms with Crippen molar-refractivity contribution in [3.8, 4) is 0 Å². The summed E-state index contributed by atoms with van der Waals surface area (Å²) < 4.78 is 5.94. The average molecular weight is 166 g/mol. The van der Waals surface area contributed by atoms with E-state index in [1.807, 2.05) is 6.92 Å². The smallest absolute Gasteiger partial charge is 0.229 e. The predicted molar refractivity (Wildman–Crippen MR) is 38.8 cm³/mol. The van der Waals surface area contributed by atoms with Crippen LogP contribution in [0.4, 0.5) is 0 Å². The van der Waals surface area contributed by atoms with E-state index in [0.717, 1.165) is 4.48 Å². The van der Waals surface area contributed by atoms with Gasteiger partial charge in [0.1, 0.15) is 0 Å². The predicted octanol–water partition coefficient (Wildman–Crippen LogP) is -1.80. The lowest BCUT2D eigenvalue weighted by atomic mass is 10.5. The highest BCUT2D eigenvalue weighted by Crippen LogP contribution is 2.02. The fourth-order valence-corrected chi connectivity index (χ4v) is 0.322. The number of nitrogens with zero attached hydrogens (tertiary/aromatic N) is 1. The maximum absolute atomic E-state index is 5.14. The molecular formula is C7H16ClNO. The van der Waals surface area contributed by atoms with E-state index < -0.39 is 0 Å². The third-order valence-electron chi connectivity index (χ3n) is 1.38. The SMILES string of the molecule is C=COC(C)[N+](C)(C)C.[Cl-]. The van der Waals surface area contributed by atoms with Crippen molar-refractivity contribution in [1.29, 1.82) is 0 Å². The highest BCUT2D eigenvalue weighted by molar-refractivity contribution is 4.48. The second-order valence-corrected chi connectivity index (χ2v) is 3.02. The molecule has 3 heteroatoms. The van der Waals surface area contributed by atoms with Gasteiger partial charge in [-0.2, -0.15) is 0 Å². The fourth-order valence-electron chi connectivity index (χ4n) is 0.322. The Morgan fingerprint density at radius 1 is 1.40 bits per heavy atom. The minimum absolute atomic E-state index is 0. The molecule has 0 aliphatic carbocycles. The summed E-state index contributed by atoms with van der Waals surface area (Å²) in [5.74, 6) is 0. The normalized spacial score (nSPS) is 13.2. The number of ether oxygens (including phenoxy) is 1. The van der Waals surface area contributed by atoms with Crippen molar-refractivity contribution in [2.24, 2.45) is 0 Å². The molecule has 0 bridgehead atoms. The van der Waals surface area contributed by atoms with Crippen LogP contribution in [0.25, 0.3) is 0 Å². The average Bonchev–Trinajstić information content (AvgIpc) is 1.64. The first-order valence-electron chi connectivity index (χ1n) is 3.06. The molecular weight excluding hydrogens is 150 g/mol. The van der Waals surface area contributed by atoms with Gasteiger partial charge in [0.15, 0.2) is 0 Å². The molecule has 0 aromatic rings. The van der Waals surface area contributed by atoms with Crippen LogP contribution in [0.3, 0.4) is 0 Å². The Hall–Kier alpha value is -0.210. The Kier molecular flexibility index (Phi) is 5.71. The van der Waals surface area contributed by atoms with Crippen LogP contribution in [-0.4, -0.2) is 31.9 Å². The van der Waals surface area contributed by atoms with Crippen molar-refractivity contribution in [3.05, 3.63) is 12.8 Å². The fraction of sp³-hybridized carbons (Fsp3) is 0.714. The Balaban J connectivity index is 0. The van der Waals surface area contributed by atoms with E-state index in [1.54, 1.807) is 0 Å². The third-order valence-corrected chi connectivity index (χ3v) is 1.38. The zero-order chi connectivity index (χ0) is 7.49. The van der Waals surface area contributed by atoms with Gasteiger partial charge in [-0.25, -0.2) is 0 Å². The summed E-state index contributed by atoms with van der Waals surface area (Å²) >= 11 is 0. The summed E-state index contributed by atoms with van der Waals surface area (Å²) in [6.07, 6.45) is 1.66. The lowest BCUT2D eigenvalue weighted by molar-refractivity contribution is -0.915. The first-order chi connectivity index (χ1) is 3.98. The summed E-state index contributed by atoms with van der Waals surface area (Å²) in [5.41, 5.74) is 0. The van der Waals surface area contributed by atoms with Crippen molar-refractivity contribution >= 4 is 0 Å². The van der Waals surface area contributed by atoms with E-state index in [2.05, 4.69) is 27.7 Å². The lowest BCUT2D eigenvalue weighted by Gasteiger charge is -2.29. The van der Waals surface area contributed by atoms with Gasteiger partial charge in [0, 0.05) is 6.92 Å². The maximum Gasteiger partial charge on any atom is 0.229 e. The summed E-state index contributed by atoms with van der Waals surface area (Å²) in [6, 6.07) is 0. The molecule has 0 aliphatic rings. The zero-order valence-electron chi connectivity index (χ0n) is 7.10. The van der Waals surface area contributed by atoms with Crippen LogP contribution >= 0.6 is 0 Å². The molecule has 0 aromatic heterocycles. The summed E-state index contributed by atoms with van der Waals surface area (Å²) in [5, 5.41) is 0. The van der Waals surface area contributed by atoms with Gasteiger partial charge in [0.05, 0.1) is 27.4 Å². The van der Waals surface area contributed by atoms with Crippen LogP contribution in [-0.2, 0) is 4.74 Å². The number of rotatable bonds is 3. The molecule has 2 nitrogen and oxygen atoms in total. The quantitative estimate of drug-likeness (QED) is 0.273. The van der Waals surface area contributed by atoms with E-state index in [1.165, 1.54) is 6.26 Å². The summed E-state index contributed by atoms with van der Waals surface area (Å²) in [4.78, 5) is 0. The monoisotopic (exact) mass is 165 g/mol. The zero-order valence-corrected chi connectivity index (χ0v) is 7.85. The van der Waals surface area contributed by atoms with Crippen LogP contribution in [0.2, 0.25) is 0 Å². The van der Waals surface area contributed by atoms with Gasteiger partial charge in [-0.1, -0.05) is 6.58 Å². The molecule has 0 N–H and O–H groups in total. The molecule has 0 saturated heterocycles. The van der Waals surface area contributed by atoms with Gasteiger partial charge < -0.3 is 17.1 Å². The molecule has 0 fully saturated rings. The third kappa shape index (κ3) is 4.65. The molecule has 1 unspecified atom stereocenters. The van der Waals surface area contributed by atoms with E-state index in [-0.39, 0.29) is 18.6 Å². The van der Waals surface area contributed by atoms with Gasteiger partial charge in [-0.05, 0) is 0 Å². The van der Waals surface area contributed by atoms with Crippen LogP contribution in [0.5, 0.6) is 0 Å². The minimum Gasteiger partial charge on any atom is -1.00 e. The molecule has 62 valence electrons. The number of halogens is 1. The van der Waals surface area contributed by atoms with Gasteiger partial charge in [-0.3, -0.25) is 4.48 Å². The molecule has 1 atom stereocenters. The van der Waals surface area contributed by atoms with Crippen LogP contribution < -0.4 is 12.4 Å². The molecule has 0 spiro atoms. The van der Waals surface area contributed by atoms with E-state index in [9.17, 15) is 0 Å². The largest absolute Gasteiger partial charge is 1.00 e. The topological polar surface area (TPSA) is 9.23 Å². The molecule has 0 rings (SSSR count). The highest BCUT2D eigenvalue weighted by Gasteiger charge is 2.16. The van der Waals surface area contributed by atoms with E-state index in [0.29, 0.717) is 0 Å². The van der Waals surface area contributed by atoms with Crippen LogP contribution in [0.15, 0.2) is 12.8 Å². The van der Waals surface area contributed by atoms with Gasteiger partial charge in [-0.15, -0.1) is 0 Å². The first-order valence-corrected chi connectivity index (χ1v) is 3.06. The molecule has 0 aliphatic heterocycles. The summed E-state index contributed by atoms with van der Waals surface area (Å²) in [7, 11) is 6.23. The standard InChI is InChI=1S/C7H16NO.ClH/c1-6-9-7(2)8(3,4)5;/h6-7H,1H2,2-5H3;1H/q+1;/p-1. The van der Waals surface area contributed by atoms with E-state index in [4.69, 9.17) is 4.74 Å². The van der Waals surface area contributed by atoms with Gasteiger partial charge in [0.25, 0.3) is 0 Å². The van der Waals surface area contributed by atoms with Crippen molar-refractivity contribution in [2.45, 2.75) is 13.2 Å². The van der Waals surface area contributed by atoms with Gasteiger partial charge in [0.2, 0.25) is 6.23 Å². The van der Waals surface area contributed by atoms with Gasteiger partial charge >= 0.3 is 0 Å². The number of quaternary nitrogens is 1. The molecule has 0 amide bonds. The number of hydrogen-bond donors (Lipinski definition) is 0. The minimum atomic E-state index is 0. The van der Waals surface area contributed by atoms with Crippen LogP contribution in [0.1, 0.15) is 6.92 Å². The van der Waals surface area contributed by atoms with Crippen molar-refractivity contribution < 1.29 is 21.6 Å². The molecule has 0 radical (unpaired) electrons. The first kappa shape index (κ1) is 12.5. The Morgan fingerprint density at radius 3 is 1.90 bits per heavy atom. The highest BCUT2D eigenvalue weighted by atomic mass is 35.5. The van der Waals surface area contributed by atoms with Crippen LogP contribution in [0, 0.1) is 0 Å². The summed E-state index contributed by atoms with van der Waals surface area (Å²) in [6.45, 7) is 5.50. The van der Waals surface area contributed by atoms with Crippen molar-refractivity contribution in [2.75, 3.05) is 21.1 Å².